The molecule has 0 spiro atoms. The number of fused-ring (bicyclic) bond motifs is 1. The van der Waals surface area contributed by atoms with Crippen LogP contribution in [-0.2, 0) is 20.1 Å². The molecule has 140 valence electrons. The van der Waals surface area contributed by atoms with Crippen LogP contribution in [0.2, 0.25) is 0 Å². The van der Waals surface area contributed by atoms with Gasteiger partial charge in [-0.3, -0.25) is 4.55 Å². The number of phenols is 1. The van der Waals surface area contributed by atoms with Crippen molar-refractivity contribution >= 4 is 42.3 Å². The molecular weight excluding hydrogens is 394 g/mol. The maximum absolute atomic E-state index is 11.2. The molecule has 0 aliphatic carbocycles. The average molecular weight is 407 g/mol. The summed E-state index contributed by atoms with van der Waals surface area (Å²) in [5.74, 6) is -0.188. The Hall–Kier alpha value is -2.86. The number of phenolic OH excluding ortho intramolecular Hbond substituents is 1. The summed E-state index contributed by atoms with van der Waals surface area (Å²) >= 11 is 0. The smallest absolute Gasteiger partial charge is 0.294 e. The molecular formula is C16H13N3O6S2. The third kappa shape index (κ3) is 4.11. The van der Waals surface area contributed by atoms with Crippen molar-refractivity contribution in [1.29, 1.82) is 0 Å². The lowest BCUT2D eigenvalue weighted by Crippen LogP contribution is -2.11. The van der Waals surface area contributed by atoms with E-state index in [-0.39, 0.29) is 21.2 Å². The van der Waals surface area contributed by atoms with Gasteiger partial charge < -0.3 is 5.11 Å². The molecule has 0 aliphatic heterocycles. The van der Waals surface area contributed by atoms with E-state index >= 15 is 0 Å². The number of hydrogen-bond acceptors (Lipinski definition) is 7. The van der Waals surface area contributed by atoms with Crippen LogP contribution in [0.3, 0.4) is 0 Å². The van der Waals surface area contributed by atoms with Gasteiger partial charge in [0.1, 0.15) is 11.4 Å². The number of rotatable bonds is 4. The van der Waals surface area contributed by atoms with Crippen LogP contribution < -0.4 is 5.14 Å². The van der Waals surface area contributed by atoms with Gasteiger partial charge in [0.2, 0.25) is 10.0 Å². The highest BCUT2D eigenvalue weighted by Crippen LogP contribution is 2.37. The predicted molar refractivity (Wildman–Crippen MR) is 97.4 cm³/mol. The van der Waals surface area contributed by atoms with Crippen LogP contribution in [0.5, 0.6) is 5.75 Å². The Morgan fingerprint density at radius 2 is 1.44 bits per heavy atom. The molecule has 0 fully saturated rings. The van der Waals surface area contributed by atoms with Gasteiger partial charge in [0.15, 0.2) is 0 Å². The summed E-state index contributed by atoms with van der Waals surface area (Å²) in [6, 6.07) is 11.9. The summed E-state index contributed by atoms with van der Waals surface area (Å²) < 4.78 is 54.1. The molecule has 3 aromatic rings. The molecule has 11 heteroatoms. The van der Waals surface area contributed by atoms with E-state index in [4.69, 9.17) is 9.69 Å². The molecule has 0 heterocycles. The standard InChI is InChI=1S/C16H13N3O6S2/c17-26(21,22)12-4-2-11(3-5-12)18-19-16-14-7-6-13(27(23,24)25)9-10(14)1-8-15(16)20/h1-9,20H,(H2,17,21,22)(H,23,24,25). The van der Waals surface area contributed by atoms with Crippen LogP contribution >= 0.6 is 0 Å². The number of aromatic hydroxyl groups is 1. The lowest BCUT2D eigenvalue weighted by Gasteiger charge is -2.05. The molecule has 0 unspecified atom stereocenters. The van der Waals surface area contributed by atoms with E-state index in [9.17, 15) is 21.9 Å². The summed E-state index contributed by atoms with van der Waals surface area (Å²) in [5, 5.41) is 23.8. The first kappa shape index (κ1) is 18.9. The van der Waals surface area contributed by atoms with Crippen molar-refractivity contribution < 1.29 is 26.5 Å². The Balaban J connectivity index is 2.03. The van der Waals surface area contributed by atoms with Crippen LogP contribution in [0.4, 0.5) is 11.4 Å². The fraction of sp³-hybridized carbons (Fsp3) is 0. The van der Waals surface area contributed by atoms with E-state index in [1.165, 1.54) is 54.6 Å². The van der Waals surface area contributed by atoms with Crippen molar-refractivity contribution in [2.45, 2.75) is 9.79 Å². The molecule has 0 radical (unpaired) electrons. The monoisotopic (exact) mass is 407 g/mol. The molecule has 0 bridgehead atoms. The lowest BCUT2D eigenvalue weighted by atomic mass is 10.1. The highest BCUT2D eigenvalue weighted by Gasteiger charge is 2.13. The van der Waals surface area contributed by atoms with E-state index in [2.05, 4.69) is 10.2 Å². The number of benzene rings is 3. The van der Waals surface area contributed by atoms with Gasteiger partial charge in [0, 0.05) is 5.39 Å². The van der Waals surface area contributed by atoms with Crippen LogP contribution in [0, 0.1) is 0 Å². The Kier molecular flexibility index (Phi) is 4.70. The van der Waals surface area contributed by atoms with Crippen molar-refractivity contribution in [3.8, 4) is 5.75 Å². The molecule has 9 nitrogen and oxygen atoms in total. The first-order valence-electron chi connectivity index (χ1n) is 7.33. The predicted octanol–water partition coefficient (Wildman–Crippen LogP) is 2.85. The van der Waals surface area contributed by atoms with E-state index in [1.807, 2.05) is 0 Å². The number of nitrogens with zero attached hydrogens (tertiary/aromatic N) is 2. The first-order valence-corrected chi connectivity index (χ1v) is 10.3. The van der Waals surface area contributed by atoms with Gasteiger partial charge in [-0.2, -0.15) is 13.5 Å². The summed E-state index contributed by atoms with van der Waals surface area (Å²) in [6.45, 7) is 0. The van der Waals surface area contributed by atoms with E-state index < -0.39 is 20.1 Å². The Morgan fingerprint density at radius 3 is 2.04 bits per heavy atom. The molecule has 0 amide bonds. The van der Waals surface area contributed by atoms with Crippen molar-refractivity contribution in [1.82, 2.24) is 0 Å². The van der Waals surface area contributed by atoms with Crippen LogP contribution in [0.1, 0.15) is 0 Å². The average Bonchev–Trinajstić information content (AvgIpc) is 2.59. The van der Waals surface area contributed by atoms with Crippen LogP contribution in [0.15, 0.2) is 74.6 Å². The largest absolute Gasteiger partial charge is 0.506 e. The lowest BCUT2D eigenvalue weighted by molar-refractivity contribution is 0.477. The van der Waals surface area contributed by atoms with Gasteiger partial charge in [0.25, 0.3) is 10.1 Å². The van der Waals surface area contributed by atoms with E-state index in [1.54, 1.807) is 0 Å². The van der Waals surface area contributed by atoms with Gasteiger partial charge in [0.05, 0.1) is 15.5 Å². The Labute approximate surface area is 154 Å². The molecule has 0 aromatic heterocycles. The second-order valence-corrected chi connectivity index (χ2v) is 8.51. The van der Waals surface area contributed by atoms with Crippen molar-refractivity contribution in [3.05, 3.63) is 54.6 Å². The molecule has 3 rings (SSSR count). The zero-order valence-electron chi connectivity index (χ0n) is 13.5. The highest BCUT2D eigenvalue weighted by molar-refractivity contribution is 7.89. The summed E-state index contributed by atoms with van der Waals surface area (Å²) in [7, 11) is -8.18. The normalized spacial score (nSPS) is 12.7. The minimum atomic E-state index is -4.36. The second kappa shape index (κ2) is 6.70. The fourth-order valence-electron chi connectivity index (χ4n) is 2.36. The molecule has 4 N–H and O–H groups in total. The van der Waals surface area contributed by atoms with Crippen LogP contribution in [-0.4, -0.2) is 26.5 Å². The minimum Gasteiger partial charge on any atom is -0.506 e. The zero-order valence-corrected chi connectivity index (χ0v) is 15.1. The van der Waals surface area contributed by atoms with Crippen molar-refractivity contribution in [3.63, 3.8) is 0 Å². The van der Waals surface area contributed by atoms with Crippen molar-refractivity contribution in [2.24, 2.45) is 15.4 Å². The van der Waals surface area contributed by atoms with Gasteiger partial charge in [-0.15, -0.1) is 5.11 Å². The quantitative estimate of drug-likeness (QED) is 0.445. The first-order chi connectivity index (χ1) is 12.6. The maximum atomic E-state index is 11.2. The third-order valence-corrected chi connectivity index (χ3v) is 5.45. The SMILES string of the molecule is NS(=O)(=O)c1ccc(N=Nc2c(O)ccc3cc(S(=O)(=O)O)ccc23)cc1. The second-order valence-electron chi connectivity index (χ2n) is 5.53. The molecule has 0 aliphatic rings. The molecule has 0 saturated heterocycles. The number of nitrogens with two attached hydrogens (primary N) is 1. The van der Waals surface area contributed by atoms with Gasteiger partial charge in [-0.05, 0) is 47.9 Å². The fourth-order valence-corrected chi connectivity index (χ4v) is 3.39. The highest BCUT2D eigenvalue weighted by atomic mass is 32.2. The topological polar surface area (TPSA) is 159 Å². The van der Waals surface area contributed by atoms with Gasteiger partial charge in [-0.25, -0.2) is 13.6 Å². The molecule has 27 heavy (non-hydrogen) atoms. The number of hydrogen-bond donors (Lipinski definition) is 3. The molecule has 3 aromatic carbocycles. The van der Waals surface area contributed by atoms with E-state index in [0.29, 0.717) is 16.5 Å². The summed E-state index contributed by atoms with van der Waals surface area (Å²) in [5.41, 5.74) is 0.401. The van der Waals surface area contributed by atoms with Crippen LogP contribution in [0.25, 0.3) is 10.8 Å². The zero-order chi connectivity index (χ0) is 19.8. The van der Waals surface area contributed by atoms with E-state index in [0.717, 1.165) is 0 Å². The Bertz CT molecular complexity index is 1270. The van der Waals surface area contributed by atoms with Gasteiger partial charge in [-0.1, -0.05) is 12.1 Å². The number of primary sulfonamides is 1. The van der Waals surface area contributed by atoms with Gasteiger partial charge >= 0.3 is 0 Å². The summed E-state index contributed by atoms with van der Waals surface area (Å²) in [6.07, 6.45) is 0. The van der Waals surface area contributed by atoms with Crippen molar-refractivity contribution in [2.75, 3.05) is 0 Å². The number of azo groups is 1. The third-order valence-electron chi connectivity index (χ3n) is 3.67. The number of sulfonamides is 1. The summed E-state index contributed by atoms with van der Waals surface area (Å²) in [4.78, 5) is -0.366. The maximum Gasteiger partial charge on any atom is 0.294 e. The molecule has 0 saturated carbocycles. The minimum absolute atomic E-state index is 0.0767. The molecule has 0 atom stereocenters. The Morgan fingerprint density at radius 1 is 0.815 bits per heavy atom.